The second-order valence-corrected chi connectivity index (χ2v) is 7.61. The van der Waals surface area contributed by atoms with Gasteiger partial charge in [-0.15, -0.1) is 0 Å². The average molecular weight is 403 g/mol. The molecule has 0 unspecified atom stereocenters. The first-order valence-corrected chi connectivity index (χ1v) is 10.2. The van der Waals surface area contributed by atoms with Gasteiger partial charge in [0.25, 0.3) is 0 Å². The Morgan fingerprint density at radius 3 is 2.83 bits per heavy atom. The Hall–Kier alpha value is -3.39. The maximum absolute atomic E-state index is 5.62. The van der Waals surface area contributed by atoms with E-state index >= 15 is 0 Å². The SMILES string of the molecule is COc1cc2ncn(-c3cccc(NC4CCNCC4)n3)c2cc1-c1cnn(C)c1. The molecule has 0 bridgehead atoms. The van der Waals surface area contributed by atoms with Gasteiger partial charge >= 0.3 is 0 Å². The summed E-state index contributed by atoms with van der Waals surface area (Å²) < 4.78 is 9.42. The van der Waals surface area contributed by atoms with Crippen LogP contribution < -0.4 is 15.4 Å². The third-order valence-electron chi connectivity index (χ3n) is 5.56. The summed E-state index contributed by atoms with van der Waals surface area (Å²) in [7, 11) is 3.58. The fourth-order valence-corrected chi connectivity index (χ4v) is 3.99. The van der Waals surface area contributed by atoms with Crippen LogP contribution in [0.3, 0.4) is 0 Å². The van der Waals surface area contributed by atoms with E-state index in [1.54, 1.807) is 11.8 Å². The van der Waals surface area contributed by atoms with Gasteiger partial charge in [0, 0.05) is 36.5 Å². The summed E-state index contributed by atoms with van der Waals surface area (Å²) in [6, 6.07) is 10.6. The first-order valence-electron chi connectivity index (χ1n) is 10.2. The van der Waals surface area contributed by atoms with Crippen LogP contribution in [-0.2, 0) is 7.05 Å². The lowest BCUT2D eigenvalue weighted by Crippen LogP contribution is -2.35. The Morgan fingerprint density at radius 1 is 1.20 bits per heavy atom. The first-order chi connectivity index (χ1) is 14.7. The van der Waals surface area contributed by atoms with Gasteiger partial charge in [0.05, 0.1) is 24.3 Å². The van der Waals surface area contributed by atoms with E-state index in [9.17, 15) is 0 Å². The molecule has 0 radical (unpaired) electrons. The second kappa shape index (κ2) is 7.79. The van der Waals surface area contributed by atoms with Crippen LogP contribution in [0, 0.1) is 0 Å². The molecule has 0 atom stereocenters. The summed E-state index contributed by atoms with van der Waals surface area (Å²) in [5, 5.41) is 11.3. The molecule has 4 aromatic rings. The van der Waals surface area contributed by atoms with Crippen molar-refractivity contribution in [2.24, 2.45) is 7.05 Å². The molecule has 0 amide bonds. The summed E-state index contributed by atoms with van der Waals surface area (Å²) in [5.74, 6) is 2.50. The highest BCUT2D eigenvalue weighted by Crippen LogP contribution is 2.34. The number of pyridine rings is 1. The topological polar surface area (TPSA) is 81.8 Å². The number of aryl methyl sites for hydroxylation is 1. The predicted molar refractivity (Wildman–Crippen MR) is 117 cm³/mol. The van der Waals surface area contributed by atoms with E-state index in [1.807, 2.05) is 54.6 Å². The molecule has 30 heavy (non-hydrogen) atoms. The Bertz CT molecular complexity index is 1170. The van der Waals surface area contributed by atoms with E-state index in [0.29, 0.717) is 6.04 Å². The van der Waals surface area contributed by atoms with Crippen molar-refractivity contribution in [1.29, 1.82) is 0 Å². The zero-order chi connectivity index (χ0) is 20.5. The van der Waals surface area contributed by atoms with Gasteiger partial charge in [0.1, 0.15) is 23.7 Å². The molecular weight excluding hydrogens is 378 g/mol. The highest BCUT2D eigenvalue weighted by atomic mass is 16.5. The number of methoxy groups -OCH3 is 1. The van der Waals surface area contributed by atoms with E-state index in [1.165, 1.54) is 0 Å². The molecule has 2 N–H and O–H groups in total. The smallest absolute Gasteiger partial charge is 0.140 e. The molecule has 3 aromatic heterocycles. The quantitative estimate of drug-likeness (QED) is 0.533. The Labute approximate surface area is 174 Å². The monoisotopic (exact) mass is 403 g/mol. The molecule has 8 heteroatoms. The van der Waals surface area contributed by atoms with Crippen LogP contribution in [0.2, 0.25) is 0 Å². The molecule has 1 aliphatic rings. The number of benzene rings is 1. The van der Waals surface area contributed by atoms with Gasteiger partial charge in [0.15, 0.2) is 0 Å². The van der Waals surface area contributed by atoms with Gasteiger partial charge in [-0.2, -0.15) is 5.10 Å². The number of nitrogens with one attached hydrogen (secondary N) is 2. The number of rotatable bonds is 5. The van der Waals surface area contributed by atoms with Gasteiger partial charge in [-0.25, -0.2) is 9.97 Å². The molecule has 1 saturated heterocycles. The molecular formula is C22H25N7O. The van der Waals surface area contributed by atoms with Crippen LogP contribution in [0.5, 0.6) is 5.75 Å². The van der Waals surface area contributed by atoms with Crippen LogP contribution in [0.15, 0.2) is 49.1 Å². The molecule has 1 aromatic carbocycles. The Balaban J connectivity index is 1.54. The second-order valence-electron chi connectivity index (χ2n) is 7.61. The highest BCUT2D eigenvalue weighted by Gasteiger charge is 2.16. The zero-order valence-electron chi connectivity index (χ0n) is 17.2. The van der Waals surface area contributed by atoms with Crippen LogP contribution in [0.25, 0.3) is 28.0 Å². The zero-order valence-corrected chi connectivity index (χ0v) is 17.2. The number of imidazole rings is 1. The van der Waals surface area contributed by atoms with Crippen LogP contribution in [0.4, 0.5) is 5.82 Å². The number of ether oxygens (including phenoxy) is 1. The Kier molecular flexibility index (Phi) is 4.84. The van der Waals surface area contributed by atoms with Crippen LogP contribution in [0.1, 0.15) is 12.8 Å². The largest absolute Gasteiger partial charge is 0.496 e. The first kappa shape index (κ1) is 18.6. The standard InChI is InChI=1S/C22H25N7O/c1-28-13-15(12-25-28)17-10-19-18(11-20(17)30-2)24-14-29(19)22-5-3-4-21(27-22)26-16-6-8-23-9-7-16/h3-5,10-14,16,23H,6-9H2,1-2H3,(H,26,27). The minimum absolute atomic E-state index is 0.454. The van der Waals surface area contributed by atoms with Crippen molar-refractivity contribution in [3.63, 3.8) is 0 Å². The van der Waals surface area contributed by atoms with E-state index in [2.05, 4.69) is 26.8 Å². The molecule has 8 nitrogen and oxygen atoms in total. The van der Waals surface area contributed by atoms with E-state index < -0.39 is 0 Å². The molecule has 0 spiro atoms. The number of nitrogens with zero attached hydrogens (tertiary/aromatic N) is 5. The summed E-state index contributed by atoms with van der Waals surface area (Å²) in [5.41, 5.74) is 3.81. The maximum atomic E-state index is 5.62. The van der Waals surface area contributed by atoms with Crippen molar-refractivity contribution in [3.05, 3.63) is 49.1 Å². The predicted octanol–water partition coefficient (Wildman–Crippen LogP) is 2.99. The van der Waals surface area contributed by atoms with Crippen molar-refractivity contribution >= 4 is 16.9 Å². The third kappa shape index (κ3) is 3.50. The van der Waals surface area contributed by atoms with Crippen molar-refractivity contribution < 1.29 is 4.74 Å². The summed E-state index contributed by atoms with van der Waals surface area (Å²) in [6.07, 6.45) is 7.84. The fourth-order valence-electron chi connectivity index (χ4n) is 3.99. The van der Waals surface area contributed by atoms with Gasteiger partial charge in [-0.1, -0.05) is 6.07 Å². The third-order valence-corrected chi connectivity index (χ3v) is 5.56. The molecule has 0 saturated carbocycles. The molecule has 1 aliphatic heterocycles. The molecule has 0 aliphatic carbocycles. The summed E-state index contributed by atoms with van der Waals surface area (Å²) in [4.78, 5) is 9.43. The molecule has 1 fully saturated rings. The number of piperidine rings is 1. The van der Waals surface area contributed by atoms with Gasteiger partial charge < -0.3 is 15.4 Å². The molecule has 154 valence electrons. The minimum Gasteiger partial charge on any atom is -0.496 e. The van der Waals surface area contributed by atoms with E-state index in [-0.39, 0.29) is 0 Å². The molecule has 5 rings (SSSR count). The number of aromatic nitrogens is 5. The van der Waals surface area contributed by atoms with Crippen molar-refractivity contribution in [1.82, 2.24) is 29.6 Å². The average Bonchev–Trinajstić information content (AvgIpc) is 3.39. The highest BCUT2D eigenvalue weighted by molar-refractivity contribution is 5.87. The van der Waals surface area contributed by atoms with Crippen molar-refractivity contribution in [2.45, 2.75) is 18.9 Å². The summed E-state index contributed by atoms with van der Waals surface area (Å²) in [6.45, 7) is 2.09. The number of hydrogen-bond acceptors (Lipinski definition) is 6. The lowest BCUT2D eigenvalue weighted by molar-refractivity contribution is 0.417. The van der Waals surface area contributed by atoms with Crippen LogP contribution >= 0.6 is 0 Å². The van der Waals surface area contributed by atoms with Gasteiger partial charge in [-0.05, 0) is 44.1 Å². The van der Waals surface area contributed by atoms with Gasteiger partial charge in [0.2, 0.25) is 0 Å². The molecule has 4 heterocycles. The van der Waals surface area contributed by atoms with E-state index in [0.717, 1.165) is 65.5 Å². The lowest BCUT2D eigenvalue weighted by Gasteiger charge is -2.24. The lowest BCUT2D eigenvalue weighted by atomic mass is 10.1. The number of hydrogen-bond donors (Lipinski definition) is 2. The van der Waals surface area contributed by atoms with E-state index in [4.69, 9.17) is 9.72 Å². The summed E-state index contributed by atoms with van der Waals surface area (Å²) >= 11 is 0. The van der Waals surface area contributed by atoms with Gasteiger partial charge in [-0.3, -0.25) is 9.25 Å². The van der Waals surface area contributed by atoms with Crippen LogP contribution in [-0.4, -0.2) is 50.6 Å². The van der Waals surface area contributed by atoms with Crippen molar-refractivity contribution in [2.75, 3.05) is 25.5 Å². The minimum atomic E-state index is 0.454. The normalized spacial score (nSPS) is 14.9. The number of fused-ring (bicyclic) bond motifs is 1. The Morgan fingerprint density at radius 2 is 2.07 bits per heavy atom. The number of anilines is 1. The fraction of sp³-hybridized carbons (Fsp3) is 0.318. The maximum Gasteiger partial charge on any atom is 0.140 e. The van der Waals surface area contributed by atoms with Crippen molar-refractivity contribution in [3.8, 4) is 22.7 Å².